The Morgan fingerprint density at radius 1 is 1.12 bits per heavy atom. The van der Waals surface area contributed by atoms with Gasteiger partial charge in [0, 0.05) is 44.7 Å². The predicted molar refractivity (Wildman–Crippen MR) is 123 cm³/mol. The lowest BCUT2D eigenvalue weighted by atomic mass is 10.0. The number of phenolic OH excluding ortho intramolecular Hbond substituents is 1. The van der Waals surface area contributed by atoms with Crippen LogP contribution in [0.3, 0.4) is 0 Å². The van der Waals surface area contributed by atoms with Crippen LogP contribution >= 0.6 is 0 Å². The van der Waals surface area contributed by atoms with Crippen molar-refractivity contribution in [2.45, 2.75) is 50.5 Å². The molecule has 0 spiro atoms. The van der Waals surface area contributed by atoms with Gasteiger partial charge in [-0.05, 0) is 43.1 Å². The van der Waals surface area contributed by atoms with Crippen molar-refractivity contribution in [3.63, 3.8) is 0 Å². The van der Waals surface area contributed by atoms with Crippen LogP contribution in [0.15, 0.2) is 54.6 Å². The Hall–Kier alpha value is -2.90. The van der Waals surface area contributed by atoms with Crippen LogP contribution in [0.25, 0.3) is 0 Å². The van der Waals surface area contributed by atoms with E-state index in [1.165, 1.54) is 0 Å². The Balaban J connectivity index is 1.32. The van der Waals surface area contributed by atoms with E-state index in [1.54, 1.807) is 12.1 Å². The second-order valence-electron chi connectivity index (χ2n) is 8.80. The van der Waals surface area contributed by atoms with Crippen LogP contribution in [-0.4, -0.2) is 65.0 Å². The molecule has 2 fully saturated rings. The zero-order chi connectivity index (χ0) is 22.5. The van der Waals surface area contributed by atoms with Crippen LogP contribution in [0.5, 0.6) is 5.75 Å². The van der Waals surface area contributed by atoms with E-state index in [2.05, 4.69) is 27.5 Å². The maximum absolute atomic E-state index is 12.9. The van der Waals surface area contributed by atoms with Crippen LogP contribution < -0.4 is 10.6 Å². The molecule has 0 radical (unpaired) electrons. The second-order valence-corrected chi connectivity index (χ2v) is 8.80. The highest BCUT2D eigenvalue weighted by Gasteiger charge is 2.44. The molecule has 7 nitrogen and oxygen atoms in total. The van der Waals surface area contributed by atoms with Gasteiger partial charge in [-0.15, -0.1) is 0 Å². The number of hydrogen-bond donors (Lipinski definition) is 3. The van der Waals surface area contributed by atoms with Gasteiger partial charge in [-0.1, -0.05) is 42.5 Å². The zero-order valence-corrected chi connectivity index (χ0v) is 18.5. The minimum atomic E-state index is -0.203. The SMILES string of the molecule is CN1[C@@H](CCC(=O)NCc2ccccc2)CNC(=O)[C@@H]2[C@H]1CCN2Cc1ccc(O)cc1. The lowest BCUT2D eigenvalue weighted by Gasteiger charge is -2.33. The summed E-state index contributed by atoms with van der Waals surface area (Å²) >= 11 is 0. The molecule has 2 aromatic carbocycles. The smallest absolute Gasteiger partial charge is 0.239 e. The molecule has 2 heterocycles. The summed E-state index contributed by atoms with van der Waals surface area (Å²) in [5.74, 6) is 0.347. The van der Waals surface area contributed by atoms with Crippen molar-refractivity contribution in [2.75, 3.05) is 20.1 Å². The van der Waals surface area contributed by atoms with Gasteiger partial charge in [0.1, 0.15) is 11.8 Å². The number of likely N-dealkylation sites (tertiary alicyclic amines) is 1. The maximum atomic E-state index is 12.9. The highest BCUT2D eigenvalue weighted by Crippen LogP contribution is 2.28. The van der Waals surface area contributed by atoms with E-state index in [0.717, 1.165) is 24.1 Å². The average molecular weight is 437 g/mol. The minimum Gasteiger partial charge on any atom is -0.508 e. The van der Waals surface area contributed by atoms with E-state index in [9.17, 15) is 14.7 Å². The van der Waals surface area contributed by atoms with Crippen LogP contribution in [0.1, 0.15) is 30.4 Å². The van der Waals surface area contributed by atoms with Gasteiger partial charge in [-0.2, -0.15) is 0 Å². The van der Waals surface area contributed by atoms with Gasteiger partial charge in [0.15, 0.2) is 0 Å². The number of carbonyl (C=O) groups excluding carboxylic acids is 2. The Bertz CT molecular complexity index is 919. The summed E-state index contributed by atoms with van der Waals surface area (Å²) in [5, 5.41) is 15.6. The summed E-state index contributed by atoms with van der Waals surface area (Å²) < 4.78 is 0. The first-order valence-corrected chi connectivity index (χ1v) is 11.3. The highest BCUT2D eigenvalue weighted by atomic mass is 16.3. The summed E-state index contributed by atoms with van der Waals surface area (Å²) in [5.41, 5.74) is 2.16. The van der Waals surface area contributed by atoms with Crippen molar-refractivity contribution in [1.29, 1.82) is 0 Å². The van der Waals surface area contributed by atoms with Gasteiger partial charge in [-0.25, -0.2) is 0 Å². The van der Waals surface area contributed by atoms with E-state index in [1.807, 2.05) is 42.5 Å². The van der Waals surface area contributed by atoms with E-state index < -0.39 is 0 Å². The number of nitrogens with one attached hydrogen (secondary N) is 2. The number of fused-ring (bicyclic) bond motifs is 1. The summed E-state index contributed by atoms with van der Waals surface area (Å²) in [6.45, 7) is 2.61. The molecule has 32 heavy (non-hydrogen) atoms. The van der Waals surface area contributed by atoms with Crippen LogP contribution in [0.4, 0.5) is 0 Å². The molecule has 2 amide bonds. The minimum absolute atomic E-state index is 0.0368. The third-order valence-corrected chi connectivity index (χ3v) is 6.71. The molecule has 0 unspecified atom stereocenters. The number of benzene rings is 2. The van der Waals surface area contributed by atoms with E-state index in [4.69, 9.17) is 0 Å². The van der Waals surface area contributed by atoms with Crippen molar-refractivity contribution >= 4 is 11.8 Å². The number of carbonyl (C=O) groups is 2. The Labute approximate surface area is 189 Å². The van der Waals surface area contributed by atoms with Gasteiger partial charge in [0.2, 0.25) is 11.8 Å². The normalized spacial score (nSPS) is 23.9. The van der Waals surface area contributed by atoms with Crippen molar-refractivity contribution in [3.8, 4) is 5.75 Å². The molecule has 2 saturated heterocycles. The molecule has 7 heteroatoms. The lowest BCUT2D eigenvalue weighted by molar-refractivity contribution is -0.126. The maximum Gasteiger partial charge on any atom is 0.239 e. The molecule has 4 rings (SSSR count). The molecular formula is C25H32N4O3. The van der Waals surface area contributed by atoms with Crippen molar-refractivity contribution in [2.24, 2.45) is 0 Å². The van der Waals surface area contributed by atoms with Gasteiger partial charge in [-0.3, -0.25) is 19.4 Å². The molecule has 0 bridgehead atoms. The fourth-order valence-electron chi connectivity index (χ4n) is 4.84. The molecule has 2 aliphatic rings. The highest BCUT2D eigenvalue weighted by molar-refractivity contribution is 5.83. The fraction of sp³-hybridized carbons (Fsp3) is 0.440. The molecule has 3 N–H and O–H groups in total. The van der Waals surface area contributed by atoms with Crippen molar-refractivity contribution in [3.05, 3.63) is 65.7 Å². The number of phenols is 1. The second kappa shape index (κ2) is 10.1. The first-order chi connectivity index (χ1) is 15.5. The van der Waals surface area contributed by atoms with Gasteiger partial charge >= 0.3 is 0 Å². The van der Waals surface area contributed by atoms with Crippen LogP contribution in [0.2, 0.25) is 0 Å². The third-order valence-electron chi connectivity index (χ3n) is 6.71. The number of nitrogens with zero attached hydrogens (tertiary/aromatic N) is 2. The number of amides is 2. The number of aromatic hydroxyl groups is 1. The topological polar surface area (TPSA) is 84.9 Å². The van der Waals surface area contributed by atoms with Crippen molar-refractivity contribution < 1.29 is 14.7 Å². The lowest BCUT2D eigenvalue weighted by Crippen LogP contribution is -2.49. The quantitative estimate of drug-likeness (QED) is 0.617. The molecule has 2 aromatic rings. The molecule has 0 aromatic heterocycles. The molecule has 2 aliphatic heterocycles. The number of hydrogen-bond acceptors (Lipinski definition) is 5. The molecule has 3 atom stereocenters. The Morgan fingerprint density at radius 3 is 2.62 bits per heavy atom. The summed E-state index contributed by atoms with van der Waals surface area (Å²) in [4.78, 5) is 29.8. The monoisotopic (exact) mass is 436 g/mol. The predicted octanol–water partition coefficient (Wildman–Crippen LogP) is 1.86. The standard InChI is InChI=1S/C25H32N4O3/c1-28-20(9-12-23(31)26-15-18-5-3-2-4-6-18)16-27-25(32)24-22(28)13-14-29(24)17-19-7-10-21(30)11-8-19/h2-8,10-11,20,22,24,30H,9,12-17H2,1H3,(H,26,31)(H,27,32)/t20-,22+,24-/m0/s1. The number of likely N-dealkylation sites (N-methyl/N-ethyl adjacent to an activating group) is 1. The summed E-state index contributed by atoms with van der Waals surface area (Å²) in [6.07, 6.45) is 2.06. The first kappa shape index (κ1) is 22.3. The van der Waals surface area contributed by atoms with E-state index in [0.29, 0.717) is 32.5 Å². The van der Waals surface area contributed by atoms with E-state index >= 15 is 0 Å². The number of rotatable bonds is 7. The summed E-state index contributed by atoms with van der Waals surface area (Å²) in [6, 6.07) is 17.1. The first-order valence-electron chi connectivity index (χ1n) is 11.3. The zero-order valence-electron chi connectivity index (χ0n) is 18.5. The van der Waals surface area contributed by atoms with E-state index in [-0.39, 0.29) is 35.7 Å². The Kier molecular flexibility index (Phi) is 7.07. The molecule has 170 valence electrons. The molecule has 0 saturated carbocycles. The average Bonchev–Trinajstić information content (AvgIpc) is 3.18. The van der Waals surface area contributed by atoms with Crippen LogP contribution in [0, 0.1) is 0 Å². The molecular weight excluding hydrogens is 404 g/mol. The molecule has 0 aliphatic carbocycles. The van der Waals surface area contributed by atoms with Gasteiger partial charge in [0.05, 0.1) is 0 Å². The van der Waals surface area contributed by atoms with Gasteiger partial charge < -0.3 is 15.7 Å². The largest absolute Gasteiger partial charge is 0.508 e. The fourth-order valence-corrected chi connectivity index (χ4v) is 4.84. The Morgan fingerprint density at radius 2 is 1.88 bits per heavy atom. The van der Waals surface area contributed by atoms with Gasteiger partial charge in [0.25, 0.3) is 0 Å². The summed E-state index contributed by atoms with van der Waals surface area (Å²) in [7, 11) is 2.08. The van der Waals surface area contributed by atoms with Crippen molar-refractivity contribution in [1.82, 2.24) is 20.4 Å². The third kappa shape index (κ3) is 5.29. The van der Waals surface area contributed by atoms with Crippen LogP contribution in [-0.2, 0) is 22.7 Å².